The third kappa shape index (κ3) is 4.32. The van der Waals surface area contributed by atoms with Crippen LogP contribution in [0.3, 0.4) is 0 Å². The molecule has 1 unspecified atom stereocenters. The van der Waals surface area contributed by atoms with Crippen LogP contribution in [0.2, 0.25) is 10.0 Å². The fourth-order valence-electron chi connectivity index (χ4n) is 1.29. The van der Waals surface area contributed by atoms with E-state index in [-0.39, 0.29) is 5.41 Å². The van der Waals surface area contributed by atoms with Gasteiger partial charge in [0.25, 0.3) is 0 Å². The summed E-state index contributed by atoms with van der Waals surface area (Å²) in [5, 5.41) is 4.85. The zero-order valence-corrected chi connectivity index (χ0v) is 11.8. The molecular formula is C13H19Cl2N. The first-order chi connectivity index (χ1) is 7.29. The number of rotatable bonds is 3. The van der Waals surface area contributed by atoms with E-state index in [9.17, 15) is 0 Å². The van der Waals surface area contributed by atoms with Crippen molar-refractivity contribution in [2.45, 2.75) is 40.3 Å². The third-order valence-corrected chi connectivity index (χ3v) is 3.27. The molecule has 0 spiro atoms. The number of hydrogen-bond donors (Lipinski definition) is 1. The summed E-state index contributed by atoms with van der Waals surface area (Å²) in [6, 6.07) is 6.07. The lowest BCUT2D eigenvalue weighted by atomic mass is 9.88. The van der Waals surface area contributed by atoms with Crippen LogP contribution < -0.4 is 5.32 Å². The molecule has 0 bridgehead atoms. The molecule has 0 saturated heterocycles. The van der Waals surface area contributed by atoms with E-state index < -0.39 is 0 Å². The number of benzene rings is 1. The summed E-state index contributed by atoms with van der Waals surface area (Å²) in [5.41, 5.74) is 1.37. The normalized spacial score (nSPS) is 13.9. The van der Waals surface area contributed by atoms with Gasteiger partial charge in [-0.15, -0.1) is 0 Å². The lowest BCUT2D eigenvalue weighted by Gasteiger charge is -2.28. The van der Waals surface area contributed by atoms with Crippen molar-refractivity contribution in [2.24, 2.45) is 5.41 Å². The van der Waals surface area contributed by atoms with Crippen LogP contribution in [0, 0.1) is 5.41 Å². The van der Waals surface area contributed by atoms with Gasteiger partial charge in [0.2, 0.25) is 0 Å². The molecular weight excluding hydrogens is 241 g/mol. The van der Waals surface area contributed by atoms with Gasteiger partial charge in [-0.3, -0.25) is 0 Å². The lowest BCUT2D eigenvalue weighted by molar-refractivity contribution is 0.285. The third-order valence-electron chi connectivity index (χ3n) is 2.83. The molecule has 1 nitrogen and oxygen atoms in total. The van der Waals surface area contributed by atoms with E-state index in [1.165, 1.54) is 0 Å². The molecule has 16 heavy (non-hydrogen) atoms. The molecule has 3 heteroatoms. The maximum atomic E-state index is 5.94. The minimum Gasteiger partial charge on any atom is -0.310 e. The van der Waals surface area contributed by atoms with Gasteiger partial charge in [-0.1, -0.05) is 44.0 Å². The average Bonchev–Trinajstić information content (AvgIpc) is 2.11. The lowest BCUT2D eigenvalue weighted by Crippen LogP contribution is -2.37. The smallest absolute Gasteiger partial charge is 0.0424 e. The Bertz CT molecular complexity index is 335. The second kappa shape index (κ2) is 5.39. The van der Waals surface area contributed by atoms with Gasteiger partial charge in [0.05, 0.1) is 0 Å². The first-order valence-corrected chi connectivity index (χ1v) is 6.23. The van der Waals surface area contributed by atoms with Crippen LogP contribution in [-0.2, 0) is 6.54 Å². The molecule has 0 amide bonds. The van der Waals surface area contributed by atoms with Crippen LogP contribution >= 0.6 is 23.2 Å². The first-order valence-electron chi connectivity index (χ1n) is 5.47. The van der Waals surface area contributed by atoms with Gasteiger partial charge in [0.1, 0.15) is 0 Å². The summed E-state index contributed by atoms with van der Waals surface area (Å²) < 4.78 is 0. The van der Waals surface area contributed by atoms with Crippen LogP contribution in [0.1, 0.15) is 33.3 Å². The summed E-state index contributed by atoms with van der Waals surface area (Å²) in [6.45, 7) is 9.63. The molecule has 0 aromatic heterocycles. The summed E-state index contributed by atoms with van der Waals surface area (Å²) in [4.78, 5) is 0. The highest BCUT2D eigenvalue weighted by atomic mass is 35.5. The Kier molecular flexibility index (Phi) is 4.66. The Morgan fingerprint density at radius 3 is 2.06 bits per heavy atom. The van der Waals surface area contributed by atoms with Crippen LogP contribution in [0.5, 0.6) is 0 Å². The van der Waals surface area contributed by atoms with E-state index in [0.717, 1.165) is 12.1 Å². The number of halogens is 2. The van der Waals surface area contributed by atoms with E-state index in [2.05, 4.69) is 33.0 Å². The monoisotopic (exact) mass is 259 g/mol. The highest BCUT2D eigenvalue weighted by molar-refractivity contribution is 6.34. The molecule has 0 aliphatic carbocycles. The minimum atomic E-state index is 0.252. The van der Waals surface area contributed by atoms with Gasteiger partial charge in [-0.2, -0.15) is 0 Å². The topological polar surface area (TPSA) is 12.0 Å². The van der Waals surface area contributed by atoms with Gasteiger partial charge in [-0.25, -0.2) is 0 Å². The Balaban J connectivity index is 2.61. The zero-order chi connectivity index (χ0) is 12.3. The summed E-state index contributed by atoms with van der Waals surface area (Å²) in [5.74, 6) is 0. The van der Waals surface area contributed by atoms with Crippen molar-refractivity contribution in [3.05, 3.63) is 33.8 Å². The minimum absolute atomic E-state index is 0.252. The molecule has 0 aliphatic rings. The van der Waals surface area contributed by atoms with Crippen LogP contribution in [0.4, 0.5) is 0 Å². The van der Waals surface area contributed by atoms with Crippen molar-refractivity contribution < 1.29 is 0 Å². The Labute approximate surface area is 108 Å². The predicted molar refractivity (Wildman–Crippen MR) is 72.2 cm³/mol. The van der Waals surface area contributed by atoms with E-state index >= 15 is 0 Å². The molecule has 0 heterocycles. The summed E-state index contributed by atoms with van der Waals surface area (Å²) in [6.07, 6.45) is 0. The maximum absolute atomic E-state index is 5.94. The van der Waals surface area contributed by atoms with Crippen molar-refractivity contribution in [3.63, 3.8) is 0 Å². The van der Waals surface area contributed by atoms with E-state index in [1.54, 1.807) is 6.07 Å². The Morgan fingerprint density at radius 1 is 1.12 bits per heavy atom. The van der Waals surface area contributed by atoms with Crippen molar-refractivity contribution >= 4 is 23.2 Å². The number of hydrogen-bond acceptors (Lipinski definition) is 1. The molecule has 1 N–H and O–H groups in total. The average molecular weight is 260 g/mol. The molecule has 90 valence electrons. The van der Waals surface area contributed by atoms with Crippen molar-refractivity contribution in [3.8, 4) is 0 Å². The predicted octanol–water partition coefficient (Wildman–Crippen LogP) is 4.52. The van der Waals surface area contributed by atoms with Crippen molar-refractivity contribution in [2.75, 3.05) is 0 Å². The molecule has 1 atom stereocenters. The summed E-state index contributed by atoms with van der Waals surface area (Å²) >= 11 is 11.9. The second-order valence-corrected chi connectivity index (χ2v) is 6.12. The van der Waals surface area contributed by atoms with Gasteiger partial charge in [0, 0.05) is 22.6 Å². The molecule has 0 radical (unpaired) electrons. The molecule has 1 aromatic rings. The molecule has 1 rings (SSSR count). The van der Waals surface area contributed by atoms with Gasteiger partial charge < -0.3 is 5.32 Å². The van der Waals surface area contributed by atoms with Crippen LogP contribution in [0.25, 0.3) is 0 Å². The number of nitrogens with one attached hydrogen (secondary N) is 1. The van der Waals surface area contributed by atoms with E-state index in [4.69, 9.17) is 23.2 Å². The largest absolute Gasteiger partial charge is 0.310 e. The standard InChI is InChI=1S/C13H19Cl2N/c1-9(13(2,3)4)16-8-10-5-11(14)7-12(15)6-10/h5-7,9,16H,8H2,1-4H3. The molecule has 0 aliphatic heterocycles. The zero-order valence-electron chi connectivity index (χ0n) is 10.3. The first kappa shape index (κ1) is 13.8. The Hall–Kier alpha value is -0.240. The van der Waals surface area contributed by atoms with Gasteiger partial charge in [0.15, 0.2) is 0 Å². The second-order valence-electron chi connectivity index (χ2n) is 5.25. The molecule has 0 saturated carbocycles. The highest BCUT2D eigenvalue weighted by Crippen LogP contribution is 2.21. The van der Waals surface area contributed by atoms with E-state index in [0.29, 0.717) is 16.1 Å². The van der Waals surface area contributed by atoms with E-state index in [1.807, 2.05) is 12.1 Å². The van der Waals surface area contributed by atoms with Crippen molar-refractivity contribution in [1.82, 2.24) is 5.32 Å². The fraction of sp³-hybridized carbons (Fsp3) is 0.538. The van der Waals surface area contributed by atoms with Crippen LogP contribution in [0.15, 0.2) is 18.2 Å². The van der Waals surface area contributed by atoms with Gasteiger partial charge >= 0.3 is 0 Å². The van der Waals surface area contributed by atoms with Crippen molar-refractivity contribution in [1.29, 1.82) is 0 Å². The van der Waals surface area contributed by atoms with Crippen LogP contribution in [-0.4, -0.2) is 6.04 Å². The summed E-state index contributed by atoms with van der Waals surface area (Å²) in [7, 11) is 0. The maximum Gasteiger partial charge on any atom is 0.0424 e. The Morgan fingerprint density at radius 2 is 1.62 bits per heavy atom. The fourth-order valence-corrected chi connectivity index (χ4v) is 1.86. The highest BCUT2D eigenvalue weighted by Gasteiger charge is 2.18. The van der Waals surface area contributed by atoms with Gasteiger partial charge in [-0.05, 0) is 36.1 Å². The molecule has 0 fully saturated rings. The quantitative estimate of drug-likeness (QED) is 0.842. The molecule has 1 aromatic carbocycles. The SMILES string of the molecule is CC(NCc1cc(Cl)cc(Cl)c1)C(C)(C)C.